The molecule has 0 saturated heterocycles. The van der Waals surface area contributed by atoms with Crippen LogP contribution in [0.4, 0.5) is 0 Å². The fourth-order valence-electron chi connectivity index (χ4n) is 3.03. The number of nitrogens with two attached hydrogens (primary N) is 1. The van der Waals surface area contributed by atoms with Crippen molar-refractivity contribution in [3.63, 3.8) is 0 Å². The summed E-state index contributed by atoms with van der Waals surface area (Å²) in [5.74, 6) is 0.407. The molecule has 4 rings (SSSR count). The van der Waals surface area contributed by atoms with Gasteiger partial charge < -0.3 is 15.2 Å². The smallest absolute Gasteiger partial charge is 0.248 e. The molecule has 162 valence electrons. The van der Waals surface area contributed by atoms with Crippen LogP contribution in [0.15, 0.2) is 78.9 Å². The minimum absolute atomic E-state index is 0.0235. The van der Waals surface area contributed by atoms with Crippen molar-refractivity contribution in [2.24, 2.45) is 5.73 Å². The quantitative estimate of drug-likeness (QED) is 0.385. The monoisotopic (exact) mass is 456 g/mol. The number of hydrogen-bond acceptors (Lipinski definition) is 6. The van der Waals surface area contributed by atoms with Crippen LogP contribution >= 0.6 is 11.6 Å². The Kier molecular flexibility index (Phi) is 6.48. The average Bonchev–Trinajstić information content (AvgIpc) is 2.83. The second-order valence-electron chi connectivity index (χ2n) is 6.95. The summed E-state index contributed by atoms with van der Waals surface area (Å²) in [7, 11) is 0. The summed E-state index contributed by atoms with van der Waals surface area (Å²) in [6.45, 7) is 0.324. The van der Waals surface area contributed by atoms with Gasteiger partial charge in [-0.2, -0.15) is 10.2 Å². The Hall–Kier alpha value is -4.41. The van der Waals surface area contributed by atoms with Crippen LogP contribution in [0, 0.1) is 11.3 Å². The normalized spacial score (nSPS) is 10.3. The summed E-state index contributed by atoms with van der Waals surface area (Å²) in [5, 5.41) is 9.28. The van der Waals surface area contributed by atoms with Gasteiger partial charge in [0, 0.05) is 23.3 Å². The average molecular weight is 457 g/mol. The molecule has 0 bridgehead atoms. The van der Waals surface area contributed by atoms with Gasteiger partial charge >= 0.3 is 0 Å². The van der Waals surface area contributed by atoms with E-state index in [1.165, 1.54) is 0 Å². The van der Waals surface area contributed by atoms with E-state index in [2.05, 4.69) is 16.0 Å². The van der Waals surface area contributed by atoms with Crippen molar-refractivity contribution in [3.8, 4) is 34.7 Å². The molecule has 8 heteroatoms. The molecule has 0 saturated carbocycles. The predicted molar refractivity (Wildman–Crippen MR) is 123 cm³/mol. The topological polar surface area (TPSA) is 111 Å². The molecule has 0 unspecified atom stereocenters. The summed E-state index contributed by atoms with van der Waals surface area (Å²) in [5.41, 5.74) is 8.25. The van der Waals surface area contributed by atoms with E-state index in [1.54, 1.807) is 48.5 Å². The van der Waals surface area contributed by atoms with Crippen LogP contribution in [0.5, 0.6) is 17.4 Å². The Balaban J connectivity index is 1.62. The molecule has 0 aliphatic heterocycles. The van der Waals surface area contributed by atoms with Crippen LogP contribution in [-0.2, 0) is 6.61 Å². The molecule has 2 N–H and O–H groups in total. The molecule has 0 fully saturated rings. The number of rotatable bonds is 7. The van der Waals surface area contributed by atoms with Gasteiger partial charge in [-0.3, -0.25) is 4.79 Å². The highest BCUT2D eigenvalue weighted by atomic mass is 35.5. The lowest BCUT2D eigenvalue weighted by Crippen LogP contribution is -2.10. The lowest BCUT2D eigenvalue weighted by Gasteiger charge is -2.13. The van der Waals surface area contributed by atoms with Crippen LogP contribution in [0.25, 0.3) is 11.3 Å². The standard InChI is InChI=1S/C25H17ClN4O3/c26-25-29-20(18-7-9-19(10-8-18)24(28)31)13-23(30-25)33-22-12-17(14-27)6-11-21(22)32-15-16-4-2-1-3-5-16/h1-13H,15H2,(H2,28,31). The second kappa shape index (κ2) is 9.81. The molecule has 33 heavy (non-hydrogen) atoms. The SMILES string of the molecule is N#Cc1ccc(OCc2ccccc2)c(Oc2cc(-c3ccc(C(N)=O)cc3)nc(Cl)n2)c1. The van der Waals surface area contributed by atoms with Gasteiger partial charge in [0.15, 0.2) is 11.5 Å². The van der Waals surface area contributed by atoms with Gasteiger partial charge in [-0.1, -0.05) is 42.5 Å². The molecule has 1 aromatic heterocycles. The van der Waals surface area contributed by atoms with Crippen molar-refractivity contribution in [1.82, 2.24) is 9.97 Å². The van der Waals surface area contributed by atoms with Crippen LogP contribution < -0.4 is 15.2 Å². The zero-order chi connectivity index (χ0) is 23.2. The van der Waals surface area contributed by atoms with E-state index in [0.29, 0.717) is 40.5 Å². The molecule has 0 atom stereocenters. The molecule has 1 heterocycles. The van der Waals surface area contributed by atoms with E-state index in [1.807, 2.05) is 30.3 Å². The largest absolute Gasteiger partial charge is 0.485 e. The second-order valence-corrected chi connectivity index (χ2v) is 7.29. The zero-order valence-electron chi connectivity index (χ0n) is 17.2. The third kappa shape index (κ3) is 5.45. The highest BCUT2D eigenvalue weighted by Gasteiger charge is 2.13. The van der Waals surface area contributed by atoms with Crippen molar-refractivity contribution in [1.29, 1.82) is 5.26 Å². The number of primary amides is 1. The van der Waals surface area contributed by atoms with Gasteiger partial charge in [0.05, 0.1) is 17.3 Å². The summed E-state index contributed by atoms with van der Waals surface area (Å²) >= 11 is 6.13. The highest BCUT2D eigenvalue weighted by molar-refractivity contribution is 6.28. The lowest BCUT2D eigenvalue weighted by atomic mass is 10.1. The number of benzene rings is 3. The van der Waals surface area contributed by atoms with Crippen molar-refractivity contribution >= 4 is 17.5 Å². The van der Waals surface area contributed by atoms with Crippen LogP contribution in [0.3, 0.4) is 0 Å². The van der Waals surface area contributed by atoms with Crippen LogP contribution in [0.1, 0.15) is 21.5 Å². The minimum atomic E-state index is -0.522. The first kappa shape index (κ1) is 21.8. The van der Waals surface area contributed by atoms with Gasteiger partial charge in [0.2, 0.25) is 17.1 Å². The minimum Gasteiger partial charge on any atom is -0.485 e. The molecule has 0 aliphatic carbocycles. The molecule has 0 radical (unpaired) electrons. The Morgan fingerprint density at radius 2 is 1.73 bits per heavy atom. The van der Waals surface area contributed by atoms with Crippen molar-refractivity contribution < 1.29 is 14.3 Å². The molecule has 3 aromatic carbocycles. The number of ether oxygens (including phenoxy) is 2. The Morgan fingerprint density at radius 1 is 0.970 bits per heavy atom. The fourth-order valence-corrected chi connectivity index (χ4v) is 3.20. The number of carbonyl (C=O) groups is 1. The number of carbonyl (C=O) groups excluding carboxylic acids is 1. The van der Waals surface area contributed by atoms with Crippen molar-refractivity contribution in [2.75, 3.05) is 0 Å². The first-order valence-corrected chi connectivity index (χ1v) is 10.2. The fraction of sp³-hybridized carbons (Fsp3) is 0.0400. The van der Waals surface area contributed by atoms with Crippen molar-refractivity contribution in [2.45, 2.75) is 6.61 Å². The molecular weight excluding hydrogens is 440 g/mol. The Morgan fingerprint density at radius 3 is 2.42 bits per heavy atom. The molecule has 1 amide bonds. The van der Waals surface area contributed by atoms with E-state index in [-0.39, 0.29) is 11.2 Å². The van der Waals surface area contributed by atoms with Crippen molar-refractivity contribution in [3.05, 3.63) is 101 Å². The van der Waals surface area contributed by atoms with Gasteiger partial charge in [-0.15, -0.1) is 0 Å². The highest BCUT2D eigenvalue weighted by Crippen LogP contribution is 2.34. The summed E-state index contributed by atoms with van der Waals surface area (Å²) in [6.07, 6.45) is 0. The molecule has 0 spiro atoms. The zero-order valence-corrected chi connectivity index (χ0v) is 18.0. The van der Waals surface area contributed by atoms with Gasteiger partial charge in [-0.25, -0.2) is 4.98 Å². The number of aromatic nitrogens is 2. The number of hydrogen-bond donors (Lipinski definition) is 1. The summed E-state index contributed by atoms with van der Waals surface area (Å²) in [4.78, 5) is 19.7. The Labute approximate surface area is 195 Å². The predicted octanol–water partition coefficient (Wildman–Crippen LogP) is 5.14. The Bertz CT molecular complexity index is 1340. The first-order valence-electron chi connectivity index (χ1n) is 9.85. The summed E-state index contributed by atoms with van der Waals surface area (Å²) in [6, 6.07) is 24.8. The van der Waals surface area contributed by atoms with E-state index in [0.717, 1.165) is 5.56 Å². The number of halogens is 1. The van der Waals surface area contributed by atoms with Gasteiger partial charge in [0.25, 0.3) is 0 Å². The summed E-state index contributed by atoms with van der Waals surface area (Å²) < 4.78 is 11.9. The third-order valence-corrected chi connectivity index (χ3v) is 4.83. The van der Waals surface area contributed by atoms with Gasteiger partial charge in [0.1, 0.15) is 6.61 Å². The van der Waals surface area contributed by atoms with E-state index in [4.69, 9.17) is 26.8 Å². The molecular formula is C25H17ClN4O3. The van der Waals surface area contributed by atoms with Crippen LogP contribution in [-0.4, -0.2) is 15.9 Å². The molecule has 4 aromatic rings. The number of amides is 1. The number of nitrogens with zero attached hydrogens (tertiary/aromatic N) is 3. The maximum Gasteiger partial charge on any atom is 0.248 e. The lowest BCUT2D eigenvalue weighted by molar-refractivity contribution is 0.100. The van der Waals surface area contributed by atoms with E-state index >= 15 is 0 Å². The maximum atomic E-state index is 11.3. The number of nitriles is 1. The third-order valence-electron chi connectivity index (χ3n) is 4.67. The molecule has 0 aliphatic rings. The van der Waals surface area contributed by atoms with E-state index in [9.17, 15) is 10.1 Å². The van der Waals surface area contributed by atoms with Crippen LogP contribution in [0.2, 0.25) is 5.28 Å². The maximum absolute atomic E-state index is 11.3. The van der Waals surface area contributed by atoms with E-state index < -0.39 is 5.91 Å². The molecule has 7 nitrogen and oxygen atoms in total. The van der Waals surface area contributed by atoms with Gasteiger partial charge in [-0.05, 0) is 41.4 Å². The first-order chi connectivity index (χ1) is 16.0.